The number of esters is 1. The Hall–Kier alpha value is -0.550. The van der Waals surface area contributed by atoms with Gasteiger partial charge < -0.3 is 9.47 Å². The molecule has 0 saturated carbocycles. The second kappa shape index (κ2) is 4.62. The molecule has 1 saturated heterocycles. The van der Waals surface area contributed by atoms with Crippen molar-refractivity contribution in [3.8, 4) is 0 Å². The molecule has 0 aliphatic carbocycles. The summed E-state index contributed by atoms with van der Waals surface area (Å²) in [6, 6.07) is 0. The van der Waals surface area contributed by atoms with Crippen LogP contribution in [0.4, 0.5) is 0 Å². The number of carbonyl (C=O) groups is 1. The minimum atomic E-state index is -0.383. The molecule has 72 valence electrons. The van der Waals surface area contributed by atoms with Crippen LogP contribution in [0.5, 0.6) is 0 Å². The van der Waals surface area contributed by atoms with Crippen LogP contribution in [0.2, 0.25) is 0 Å². The van der Waals surface area contributed by atoms with Crippen LogP contribution in [0, 0.1) is 0 Å². The van der Waals surface area contributed by atoms with E-state index >= 15 is 0 Å². The average Bonchev–Trinajstić information content (AvgIpc) is 2.47. The topological polar surface area (TPSA) is 35.5 Å². The van der Waals surface area contributed by atoms with E-state index in [2.05, 4.69) is 6.58 Å². The summed E-state index contributed by atoms with van der Waals surface area (Å²) in [6.07, 6.45) is -0.0965. The van der Waals surface area contributed by atoms with Crippen molar-refractivity contribution in [3.05, 3.63) is 12.2 Å². The second-order valence-electron chi connectivity index (χ2n) is 2.68. The Bertz CT molecular complexity index is 250. The third-order valence-corrected chi connectivity index (χ3v) is 2.72. The van der Waals surface area contributed by atoms with E-state index in [4.69, 9.17) is 21.7 Å². The van der Waals surface area contributed by atoms with Gasteiger partial charge in [-0.25, -0.2) is 4.79 Å². The van der Waals surface area contributed by atoms with E-state index < -0.39 is 0 Å². The average molecular weight is 218 g/mol. The fourth-order valence-electron chi connectivity index (χ4n) is 0.739. The highest BCUT2D eigenvalue weighted by atomic mass is 32.2. The highest BCUT2D eigenvalue weighted by Crippen LogP contribution is 2.20. The Balaban J connectivity index is 2.23. The normalized spacial score (nSPS) is 21.0. The van der Waals surface area contributed by atoms with Crippen molar-refractivity contribution in [2.75, 3.05) is 12.4 Å². The summed E-state index contributed by atoms with van der Waals surface area (Å²) in [7, 11) is 0. The molecule has 1 rings (SSSR count). The smallest absolute Gasteiger partial charge is 0.333 e. The van der Waals surface area contributed by atoms with E-state index in [-0.39, 0.29) is 18.7 Å². The molecule has 3 nitrogen and oxygen atoms in total. The molecule has 0 aromatic carbocycles. The molecular formula is C8H10O3S2. The molecule has 1 fully saturated rings. The summed E-state index contributed by atoms with van der Waals surface area (Å²) in [4.78, 5) is 11.0. The van der Waals surface area contributed by atoms with Gasteiger partial charge in [0.15, 0.2) is 0 Å². The van der Waals surface area contributed by atoms with Gasteiger partial charge in [0.1, 0.15) is 12.7 Å². The van der Waals surface area contributed by atoms with Gasteiger partial charge in [0.2, 0.25) is 4.38 Å². The van der Waals surface area contributed by atoms with Crippen molar-refractivity contribution in [1.29, 1.82) is 0 Å². The van der Waals surface area contributed by atoms with Crippen molar-refractivity contribution in [2.24, 2.45) is 0 Å². The van der Waals surface area contributed by atoms with Crippen molar-refractivity contribution < 1.29 is 14.3 Å². The predicted molar refractivity (Wildman–Crippen MR) is 55.7 cm³/mol. The Morgan fingerprint density at radius 1 is 1.92 bits per heavy atom. The van der Waals surface area contributed by atoms with Crippen molar-refractivity contribution in [1.82, 2.24) is 0 Å². The summed E-state index contributed by atoms with van der Waals surface area (Å²) in [5, 5.41) is 0. The van der Waals surface area contributed by atoms with Crippen molar-refractivity contribution in [3.63, 3.8) is 0 Å². The molecule has 1 unspecified atom stereocenters. The highest BCUT2D eigenvalue weighted by Gasteiger charge is 2.22. The Kier molecular flexibility index (Phi) is 3.74. The minimum absolute atomic E-state index is 0.0965. The van der Waals surface area contributed by atoms with E-state index in [1.54, 1.807) is 6.92 Å². The summed E-state index contributed by atoms with van der Waals surface area (Å²) in [5.41, 5.74) is 0.397. The van der Waals surface area contributed by atoms with Gasteiger partial charge in [-0.15, -0.1) is 0 Å². The van der Waals surface area contributed by atoms with E-state index in [1.807, 2.05) is 0 Å². The fourth-order valence-corrected chi connectivity index (χ4v) is 1.77. The Morgan fingerprint density at radius 2 is 2.62 bits per heavy atom. The molecule has 0 spiro atoms. The van der Waals surface area contributed by atoms with Crippen LogP contribution >= 0.6 is 24.0 Å². The van der Waals surface area contributed by atoms with Crippen LogP contribution in [-0.4, -0.2) is 28.8 Å². The summed E-state index contributed by atoms with van der Waals surface area (Å²) in [6.45, 7) is 5.33. The number of hydrogen-bond acceptors (Lipinski definition) is 5. The maximum atomic E-state index is 11.0. The number of ether oxygens (including phenoxy) is 2. The highest BCUT2D eigenvalue weighted by molar-refractivity contribution is 8.22. The van der Waals surface area contributed by atoms with Crippen LogP contribution in [0.15, 0.2) is 12.2 Å². The number of rotatable bonds is 3. The first kappa shape index (κ1) is 10.5. The molecule has 1 aliphatic rings. The first-order valence-corrected chi connectivity index (χ1v) is 5.15. The molecule has 13 heavy (non-hydrogen) atoms. The third kappa shape index (κ3) is 3.36. The van der Waals surface area contributed by atoms with Gasteiger partial charge in [-0.2, -0.15) is 0 Å². The van der Waals surface area contributed by atoms with Gasteiger partial charge >= 0.3 is 5.97 Å². The third-order valence-electron chi connectivity index (χ3n) is 1.40. The zero-order valence-corrected chi connectivity index (χ0v) is 8.87. The SMILES string of the molecule is C=C(C)C(=O)OCC1CSC(=S)O1. The first-order chi connectivity index (χ1) is 6.09. The zero-order chi connectivity index (χ0) is 9.84. The fraction of sp³-hybridized carbons (Fsp3) is 0.500. The Labute approximate surface area is 86.5 Å². The van der Waals surface area contributed by atoms with Gasteiger partial charge in [-0.05, 0) is 19.1 Å². The van der Waals surface area contributed by atoms with Gasteiger partial charge in [-0.3, -0.25) is 0 Å². The summed E-state index contributed by atoms with van der Waals surface area (Å²) in [5.74, 6) is 0.369. The van der Waals surface area contributed by atoms with Gasteiger partial charge in [-0.1, -0.05) is 18.3 Å². The maximum absolute atomic E-state index is 11.0. The first-order valence-electron chi connectivity index (χ1n) is 3.75. The van der Waals surface area contributed by atoms with Crippen LogP contribution in [0.1, 0.15) is 6.92 Å². The molecule has 0 radical (unpaired) electrons. The Morgan fingerprint density at radius 3 is 3.08 bits per heavy atom. The number of thiocarbonyl (C=S) groups is 1. The van der Waals surface area contributed by atoms with Crippen LogP contribution in [-0.2, 0) is 14.3 Å². The van der Waals surface area contributed by atoms with Crippen molar-refractivity contribution in [2.45, 2.75) is 13.0 Å². The van der Waals surface area contributed by atoms with Gasteiger partial charge in [0, 0.05) is 11.3 Å². The monoisotopic (exact) mass is 218 g/mol. The molecular weight excluding hydrogens is 208 g/mol. The van der Waals surface area contributed by atoms with Crippen LogP contribution in [0.25, 0.3) is 0 Å². The summed E-state index contributed by atoms with van der Waals surface area (Å²) >= 11 is 6.27. The number of carbonyl (C=O) groups excluding carboxylic acids is 1. The number of hydrogen-bond donors (Lipinski definition) is 0. The lowest BCUT2D eigenvalue weighted by Gasteiger charge is -2.09. The zero-order valence-electron chi connectivity index (χ0n) is 7.24. The predicted octanol–water partition coefficient (Wildman–Crippen LogP) is 1.52. The van der Waals surface area contributed by atoms with E-state index in [9.17, 15) is 4.79 Å². The maximum Gasteiger partial charge on any atom is 0.333 e. The molecule has 0 N–H and O–H groups in total. The minimum Gasteiger partial charge on any atom is -0.471 e. The molecule has 1 aliphatic heterocycles. The molecule has 0 bridgehead atoms. The molecule has 1 atom stereocenters. The van der Waals surface area contributed by atoms with E-state index in [1.165, 1.54) is 11.8 Å². The van der Waals surface area contributed by atoms with Crippen molar-refractivity contribution >= 4 is 34.3 Å². The van der Waals surface area contributed by atoms with Crippen LogP contribution < -0.4 is 0 Å². The lowest BCUT2D eigenvalue weighted by molar-refractivity contribution is -0.141. The van der Waals surface area contributed by atoms with E-state index in [0.717, 1.165) is 5.75 Å². The molecule has 0 amide bonds. The van der Waals surface area contributed by atoms with Crippen LogP contribution in [0.3, 0.4) is 0 Å². The lowest BCUT2D eigenvalue weighted by Crippen LogP contribution is -2.20. The quantitative estimate of drug-likeness (QED) is 0.408. The second-order valence-corrected chi connectivity index (χ2v) is 4.30. The molecule has 5 heteroatoms. The van der Waals surface area contributed by atoms with Gasteiger partial charge in [0.05, 0.1) is 0 Å². The standard InChI is InChI=1S/C8H10O3S2/c1-5(2)7(9)10-3-6-4-13-8(12)11-6/h6H,1,3-4H2,2H3. The molecule has 1 heterocycles. The van der Waals surface area contributed by atoms with Gasteiger partial charge in [0.25, 0.3) is 0 Å². The summed E-state index contributed by atoms with van der Waals surface area (Å²) < 4.78 is 10.6. The molecule has 0 aromatic rings. The van der Waals surface area contributed by atoms with E-state index in [0.29, 0.717) is 9.96 Å². The lowest BCUT2D eigenvalue weighted by atomic mass is 10.3. The number of thioether (sulfide) groups is 1. The largest absolute Gasteiger partial charge is 0.471 e. The molecule has 0 aromatic heterocycles.